The summed E-state index contributed by atoms with van der Waals surface area (Å²) in [5.41, 5.74) is 5.95. The van der Waals surface area contributed by atoms with Gasteiger partial charge in [0.15, 0.2) is 5.84 Å². The quantitative estimate of drug-likeness (QED) is 0.341. The summed E-state index contributed by atoms with van der Waals surface area (Å²) in [5, 5.41) is 11.1. The van der Waals surface area contributed by atoms with Crippen LogP contribution in [0.5, 0.6) is 0 Å². The summed E-state index contributed by atoms with van der Waals surface area (Å²) < 4.78 is 24.8. The van der Waals surface area contributed by atoms with Crippen molar-refractivity contribution in [2.24, 2.45) is 10.9 Å². The highest BCUT2D eigenvalue weighted by molar-refractivity contribution is 7.88. The summed E-state index contributed by atoms with van der Waals surface area (Å²) in [6.45, 7) is -0.133. The van der Waals surface area contributed by atoms with Crippen LogP contribution in [0.4, 0.5) is 0 Å². The van der Waals surface area contributed by atoms with Gasteiger partial charge in [0.1, 0.15) is 0 Å². The SMILES string of the molecule is CN(CC(N)=NO)S(=O)(=O)Cc1ccccc1. The Bertz CT molecular complexity index is 485. The second-order valence-corrected chi connectivity index (χ2v) is 5.67. The normalized spacial score (nSPS) is 12.9. The van der Waals surface area contributed by atoms with Gasteiger partial charge < -0.3 is 10.9 Å². The van der Waals surface area contributed by atoms with E-state index in [0.717, 1.165) is 4.31 Å². The molecule has 0 fully saturated rings. The predicted octanol–water partition coefficient (Wildman–Crippen LogP) is 0.195. The average molecular weight is 257 g/mol. The lowest BCUT2D eigenvalue weighted by Crippen LogP contribution is -2.36. The number of hydrogen-bond acceptors (Lipinski definition) is 4. The van der Waals surface area contributed by atoms with Gasteiger partial charge in [0.05, 0.1) is 12.3 Å². The Hall–Kier alpha value is -1.60. The molecular formula is C10H15N3O3S. The Balaban J connectivity index is 2.75. The molecule has 0 spiro atoms. The van der Waals surface area contributed by atoms with E-state index in [1.807, 2.05) is 6.07 Å². The molecule has 6 nitrogen and oxygen atoms in total. The van der Waals surface area contributed by atoms with Crippen molar-refractivity contribution in [1.82, 2.24) is 4.31 Å². The zero-order valence-electron chi connectivity index (χ0n) is 9.44. The standard InChI is InChI=1S/C10H15N3O3S/c1-13(7-10(11)12-14)17(15,16)8-9-5-3-2-4-6-9/h2-6,14H,7-8H2,1H3,(H2,11,12). The van der Waals surface area contributed by atoms with Crippen molar-refractivity contribution in [2.75, 3.05) is 13.6 Å². The average Bonchev–Trinajstić information content (AvgIpc) is 2.29. The molecule has 0 saturated heterocycles. The van der Waals surface area contributed by atoms with Crippen LogP contribution in [-0.4, -0.2) is 37.4 Å². The molecule has 0 unspecified atom stereocenters. The maximum atomic E-state index is 11.9. The van der Waals surface area contributed by atoms with E-state index < -0.39 is 10.0 Å². The zero-order chi connectivity index (χ0) is 12.9. The van der Waals surface area contributed by atoms with Crippen molar-refractivity contribution in [3.63, 3.8) is 0 Å². The second-order valence-electron chi connectivity index (χ2n) is 3.59. The lowest BCUT2D eigenvalue weighted by molar-refractivity contribution is 0.315. The highest BCUT2D eigenvalue weighted by Crippen LogP contribution is 2.08. The van der Waals surface area contributed by atoms with Gasteiger partial charge in [-0.05, 0) is 5.56 Å². The molecule has 0 bridgehead atoms. The molecule has 0 atom stereocenters. The molecule has 17 heavy (non-hydrogen) atoms. The Morgan fingerprint density at radius 3 is 2.53 bits per heavy atom. The molecular weight excluding hydrogens is 242 g/mol. The number of oxime groups is 1. The van der Waals surface area contributed by atoms with Gasteiger partial charge in [-0.2, -0.15) is 4.31 Å². The molecule has 1 rings (SSSR count). The van der Waals surface area contributed by atoms with Gasteiger partial charge in [-0.25, -0.2) is 8.42 Å². The molecule has 0 aliphatic carbocycles. The number of nitrogens with zero attached hydrogens (tertiary/aromatic N) is 2. The van der Waals surface area contributed by atoms with E-state index >= 15 is 0 Å². The number of amidine groups is 1. The minimum Gasteiger partial charge on any atom is -0.409 e. The fraction of sp³-hybridized carbons (Fsp3) is 0.300. The van der Waals surface area contributed by atoms with E-state index in [-0.39, 0.29) is 18.1 Å². The van der Waals surface area contributed by atoms with Crippen molar-refractivity contribution in [3.05, 3.63) is 35.9 Å². The Morgan fingerprint density at radius 2 is 2.00 bits per heavy atom. The van der Waals surface area contributed by atoms with Gasteiger partial charge in [0, 0.05) is 7.05 Å². The maximum absolute atomic E-state index is 11.9. The first-order valence-corrected chi connectivity index (χ1v) is 6.51. The molecule has 0 aromatic heterocycles. The Labute approximate surface area is 100 Å². The Kier molecular flexibility index (Phi) is 4.47. The first-order valence-electron chi connectivity index (χ1n) is 4.90. The smallest absolute Gasteiger partial charge is 0.218 e. The van der Waals surface area contributed by atoms with Crippen LogP contribution >= 0.6 is 0 Å². The van der Waals surface area contributed by atoms with Crippen LogP contribution in [0.15, 0.2) is 35.5 Å². The number of rotatable bonds is 5. The monoisotopic (exact) mass is 257 g/mol. The van der Waals surface area contributed by atoms with Crippen molar-refractivity contribution in [2.45, 2.75) is 5.75 Å². The lowest BCUT2D eigenvalue weighted by atomic mass is 10.2. The third-order valence-corrected chi connectivity index (χ3v) is 3.96. The lowest BCUT2D eigenvalue weighted by Gasteiger charge is -2.16. The molecule has 0 amide bonds. The summed E-state index contributed by atoms with van der Waals surface area (Å²) >= 11 is 0. The fourth-order valence-corrected chi connectivity index (χ4v) is 2.42. The minimum absolute atomic E-state index is 0.108. The fourth-order valence-electron chi connectivity index (χ4n) is 1.25. The van der Waals surface area contributed by atoms with Gasteiger partial charge in [0.2, 0.25) is 10.0 Å². The summed E-state index contributed by atoms with van der Waals surface area (Å²) in [6, 6.07) is 8.82. The van der Waals surface area contributed by atoms with Crippen LogP contribution in [0.3, 0.4) is 0 Å². The van der Waals surface area contributed by atoms with E-state index in [4.69, 9.17) is 10.9 Å². The van der Waals surface area contributed by atoms with Crippen LogP contribution in [0, 0.1) is 0 Å². The third kappa shape index (κ3) is 4.04. The number of sulfonamides is 1. The van der Waals surface area contributed by atoms with Crippen LogP contribution in [0.1, 0.15) is 5.56 Å². The van der Waals surface area contributed by atoms with Crippen LogP contribution in [-0.2, 0) is 15.8 Å². The molecule has 3 N–H and O–H groups in total. The number of nitrogens with two attached hydrogens (primary N) is 1. The largest absolute Gasteiger partial charge is 0.409 e. The highest BCUT2D eigenvalue weighted by Gasteiger charge is 2.19. The molecule has 0 aliphatic rings. The van der Waals surface area contributed by atoms with Crippen molar-refractivity contribution < 1.29 is 13.6 Å². The van der Waals surface area contributed by atoms with Gasteiger partial charge in [-0.3, -0.25) is 0 Å². The summed E-state index contributed by atoms with van der Waals surface area (Å²) in [4.78, 5) is 0. The molecule has 1 aromatic carbocycles. The number of benzene rings is 1. The Morgan fingerprint density at radius 1 is 1.41 bits per heavy atom. The van der Waals surface area contributed by atoms with E-state index in [0.29, 0.717) is 5.56 Å². The molecule has 7 heteroatoms. The van der Waals surface area contributed by atoms with Gasteiger partial charge in [-0.15, -0.1) is 0 Å². The zero-order valence-corrected chi connectivity index (χ0v) is 10.3. The number of likely N-dealkylation sites (N-methyl/N-ethyl adjacent to an activating group) is 1. The molecule has 1 aromatic rings. The topological polar surface area (TPSA) is 96.0 Å². The highest BCUT2D eigenvalue weighted by atomic mass is 32.2. The van der Waals surface area contributed by atoms with Crippen LogP contribution in [0.2, 0.25) is 0 Å². The van der Waals surface area contributed by atoms with Crippen LogP contribution < -0.4 is 5.73 Å². The van der Waals surface area contributed by atoms with Gasteiger partial charge in [-0.1, -0.05) is 35.5 Å². The van der Waals surface area contributed by atoms with Crippen molar-refractivity contribution in [1.29, 1.82) is 0 Å². The van der Waals surface area contributed by atoms with Crippen LogP contribution in [0.25, 0.3) is 0 Å². The van der Waals surface area contributed by atoms with Gasteiger partial charge >= 0.3 is 0 Å². The van der Waals surface area contributed by atoms with Crippen molar-refractivity contribution >= 4 is 15.9 Å². The molecule has 0 aliphatic heterocycles. The van der Waals surface area contributed by atoms with E-state index in [1.165, 1.54) is 7.05 Å². The van der Waals surface area contributed by atoms with Crippen molar-refractivity contribution in [3.8, 4) is 0 Å². The van der Waals surface area contributed by atoms with E-state index in [1.54, 1.807) is 24.3 Å². The van der Waals surface area contributed by atoms with E-state index in [2.05, 4.69) is 5.16 Å². The predicted molar refractivity (Wildman–Crippen MR) is 65.1 cm³/mol. The molecule has 0 heterocycles. The van der Waals surface area contributed by atoms with E-state index in [9.17, 15) is 8.42 Å². The first kappa shape index (κ1) is 13.5. The summed E-state index contributed by atoms with van der Waals surface area (Å²) in [5.74, 6) is -0.257. The third-order valence-electron chi connectivity index (χ3n) is 2.18. The molecule has 0 saturated carbocycles. The van der Waals surface area contributed by atoms with Gasteiger partial charge in [0.25, 0.3) is 0 Å². The molecule has 94 valence electrons. The second kappa shape index (κ2) is 5.65. The first-order chi connectivity index (χ1) is 7.95. The summed E-state index contributed by atoms with van der Waals surface area (Å²) in [6.07, 6.45) is 0. The molecule has 0 radical (unpaired) electrons. The summed E-state index contributed by atoms with van der Waals surface area (Å²) in [7, 11) is -2.07. The maximum Gasteiger partial charge on any atom is 0.218 e. The minimum atomic E-state index is -3.46. The number of hydrogen-bond donors (Lipinski definition) is 2.